The number of carboxylic acid groups (broad SMARTS) is 2. The molecule has 260 valence electrons. The Hall–Kier alpha value is -4.42. The Morgan fingerprint density at radius 1 is 0.708 bits per heavy atom. The van der Waals surface area contributed by atoms with Crippen molar-refractivity contribution in [3.05, 3.63) is 52.7 Å². The molecule has 0 saturated carbocycles. The van der Waals surface area contributed by atoms with Gasteiger partial charge in [-0.1, -0.05) is 12.1 Å². The van der Waals surface area contributed by atoms with Crippen molar-refractivity contribution in [3.63, 3.8) is 0 Å². The van der Waals surface area contributed by atoms with Gasteiger partial charge in [0.2, 0.25) is 23.8 Å². The van der Waals surface area contributed by atoms with Gasteiger partial charge in [-0.25, -0.2) is 9.59 Å². The van der Waals surface area contributed by atoms with Crippen LogP contribution in [0.25, 0.3) is 22.3 Å². The van der Waals surface area contributed by atoms with Crippen LogP contribution in [0.4, 0.5) is 0 Å². The number of fused-ring (bicyclic) bond motifs is 1. The molecule has 48 heavy (non-hydrogen) atoms. The number of carbonyl (C=O) groups is 2. The van der Waals surface area contributed by atoms with Crippen LogP contribution in [0, 0.1) is 0 Å². The van der Waals surface area contributed by atoms with E-state index in [0.29, 0.717) is 0 Å². The number of rotatable bonds is 9. The third kappa shape index (κ3) is 6.77. The predicted molar refractivity (Wildman–Crippen MR) is 150 cm³/mol. The van der Waals surface area contributed by atoms with E-state index in [1.54, 1.807) is 0 Å². The maximum absolute atomic E-state index is 13.6. The summed E-state index contributed by atoms with van der Waals surface area (Å²) in [7, 11) is -5.36. The second-order valence-corrected chi connectivity index (χ2v) is 11.5. The third-order valence-corrected chi connectivity index (χ3v) is 7.65. The Morgan fingerprint density at radius 3 is 1.79 bits per heavy atom. The van der Waals surface area contributed by atoms with E-state index in [0.717, 1.165) is 18.2 Å². The van der Waals surface area contributed by atoms with Gasteiger partial charge in [-0.3, -0.25) is 9.35 Å². The molecule has 0 spiro atoms. The molecule has 9 N–H and O–H groups in total. The van der Waals surface area contributed by atoms with Gasteiger partial charge in [0.1, 0.15) is 42.2 Å². The van der Waals surface area contributed by atoms with Gasteiger partial charge in [0, 0.05) is 5.56 Å². The van der Waals surface area contributed by atoms with Crippen LogP contribution in [0.2, 0.25) is 0 Å². The molecule has 21 heteroatoms. The summed E-state index contributed by atoms with van der Waals surface area (Å²) in [5.41, 5.74) is -1.31. The van der Waals surface area contributed by atoms with Gasteiger partial charge in [-0.2, -0.15) is 8.42 Å². The molecule has 3 aromatic rings. The summed E-state index contributed by atoms with van der Waals surface area (Å²) in [6.45, 7) is 0. The van der Waals surface area contributed by atoms with Crippen molar-refractivity contribution in [3.8, 4) is 28.6 Å². The average Bonchev–Trinajstić information content (AvgIpc) is 3.02. The number of para-hydroxylation sites is 1. The van der Waals surface area contributed by atoms with Crippen LogP contribution in [-0.4, -0.2) is 127 Å². The third-order valence-electron chi connectivity index (χ3n) is 7.26. The molecule has 0 bridgehead atoms. The molecular formula is C27H26O20S. The van der Waals surface area contributed by atoms with E-state index in [1.165, 1.54) is 24.3 Å². The van der Waals surface area contributed by atoms with E-state index < -0.39 is 112 Å². The van der Waals surface area contributed by atoms with Crippen molar-refractivity contribution < 1.29 is 91.0 Å². The molecule has 2 aromatic carbocycles. The second-order valence-electron chi connectivity index (χ2n) is 10.5. The van der Waals surface area contributed by atoms with Crippen molar-refractivity contribution in [1.29, 1.82) is 0 Å². The van der Waals surface area contributed by atoms with Crippen LogP contribution in [0.15, 0.2) is 51.7 Å². The van der Waals surface area contributed by atoms with Crippen LogP contribution in [0.5, 0.6) is 17.2 Å². The van der Waals surface area contributed by atoms with E-state index in [2.05, 4.69) is 4.18 Å². The van der Waals surface area contributed by atoms with E-state index in [4.69, 9.17) is 23.4 Å². The fourth-order valence-corrected chi connectivity index (χ4v) is 5.24. The van der Waals surface area contributed by atoms with Crippen LogP contribution in [0.3, 0.4) is 0 Å². The fraction of sp³-hybridized carbons (Fsp3) is 0.370. The molecule has 1 aromatic heterocycles. The summed E-state index contributed by atoms with van der Waals surface area (Å²) >= 11 is 0. The Bertz CT molecular complexity index is 1870. The van der Waals surface area contributed by atoms with Gasteiger partial charge in [0.15, 0.2) is 29.5 Å². The molecule has 0 aliphatic carbocycles. The van der Waals surface area contributed by atoms with E-state index >= 15 is 0 Å². The van der Waals surface area contributed by atoms with Crippen LogP contribution >= 0.6 is 0 Å². The van der Waals surface area contributed by atoms with Gasteiger partial charge in [0.25, 0.3) is 0 Å². The lowest BCUT2D eigenvalue weighted by atomic mass is 9.99. The molecule has 10 atom stereocenters. The molecule has 20 nitrogen and oxygen atoms in total. The lowest BCUT2D eigenvalue weighted by Crippen LogP contribution is -2.61. The molecule has 2 fully saturated rings. The largest absolute Gasteiger partial charge is 0.479 e. The summed E-state index contributed by atoms with van der Waals surface area (Å²) in [5.74, 6) is -6.42. The number of benzene rings is 2. The summed E-state index contributed by atoms with van der Waals surface area (Å²) in [5, 5.41) is 79.7. The summed E-state index contributed by atoms with van der Waals surface area (Å²) in [6.07, 6.45) is -21.0. The Morgan fingerprint density at radius 2 is 1.25 bits per heavy atom. The van der Waals surface area contributed by atoms with Gasteiger partial charge < -0.3 is 68.4 Å². The monoisotopic (exact) mass is 702 g/mol. The zero-order valence-corrected chi connectivity index (χ0v) is 24.6. The summed E-state index contributed by atoms with van der Waals surface area (Å²) in [6, 6.07) is 8.35. The van der Waals surface area contributed by atoms with E-state index in [1.807, 2.05) is 0 Å². The van der Waals surface area contributed by atoms with Crippen molar-refractivity contribution in [1.82, 2.24) is 0 Å². The minimum Gasteiger partial charge on any atom is -0.479 e. The van der Waals surface area contributed by atoms with Gasteiger partial charge in [-0.15, -0.1) is 0 Å². The Labute approximate surface area is 267 Å². The Kier molecular flexibility index (Phi) is 9.62. The zero-order chi connectivity index (χ0) is 35.2. The van der Waals surface area contributed by atoms with Crippen LogP contribution in [0.1, 0.15) is 0 Å². The molecule has 2 aliphatic rings. The van der Waals surface area contributed by atoms with Gasteiger partial charge in [-0.05, 0) is 30.3 Å². The smallest absolute Gasteiger partial charge is 0.446 e. The first-order valence-electron chi connectivity index (χ1n) is 13.5. The highest BCUT2D eigenvalue weighted by molar-refractivity contribution is 7.81. The normalized spacial score (nSPS) is 30.8. The van der Waals surface area contributed by atoms with Crippen molar-refractivity contribution >= 4 is 33.3 Å². The minimum atomic E-state index is -5.36. The maximum Gasteiger partial charge on any atom is 0.446 e. The number of aliphatic carboxylic acids is 2. The molecule has 5 rings (SSSR count). The molecule has 0 radical (unpaired) electrons. The van der Waals surface area contributed by atoms with Crippen LogP contribution < -0.4 is 19.1 Å². The number of hydrogen-bond acceptors (Lipinski definition) is 17. The maximum atomic E-state index is 13.6. The quantitative estimate of drug-likeness (QED) is 0.102. The highest BCUT2D eigenvalue weighted by atomic mass is 32.3. The minimum absolute atomic E-state index is 0.0719. The van der Waals surface area contributed by atoms with E-state index in [-0.39, 0.29) is 16.5 Å². The fourth-order valence-electron chi connectivity index (χ4n) is 4.89. The second kappa shape index (κ2) is 13.2. The number of aliphatic hydroxyl groups is 6. The molecule has 3 heterocycles. The first-order chi connectivity index (χ1) is 22.5. The van der Waals surface area contributed by atoms with Crippen molar-refractivity contribution in [2.75, 3.05) is 0 Å². The highest BCUT2D eigenvalue weighted by Crippen LogP contribution is 2.40. The molecular weight excluding hydrogens is 676 g/mol. The predicted octanol–water partition coefficient (Wildman–Crippen LogP) is -2.82. The first-order valence-corrected chi connectivity index (χ1v) is 14.9. The van der Waals surface area contributed by atoms with E-state index in [9.17, 15) is 68.2 Å². The average molecular weight is 703 g/mol. The molecule has 2 saturated heterocycles. The standard InChI is InChI=1S/C27H26O20S/c28-13-9-3-1-2-4-10(9)42-20(21(13)44-27-19(34)15(30)17(32)23(46-27)25(37)38)8-5-6-11(12(7-8)47-48(39,40)41)43-26-18(33)14(29)16(31)22(45-26)24(35)36/h1-7,14-19,22-23,26-27,29-34H,(H,35,36)(H,37,38)(H,39,40,41)/t14-,15-,16-,17-,18+,19+,22-,23-,26+,27+/m1/s1. The van der Waals surface area contributed by atoms with Gasteiger partial charge in [0.05, 0.1) is 5.39 Å². The lowest BCUT2D eigenvalue weighted by molar-refractivity contribution is -0.271. The topological polar surface area (TPSA) is 327 Å². The van der Waals surface area contributed by atoms with Crippen LogP contribution in [-0.2, 0) is 29.5 Å². The molecule has 0 unspecified atom stereocenters. The number of hydrogen-bond donors (Lipinski definition) is 9. The summed E-state index contributed by atoms with van der Waals surface area (Å²) < 4.78 is 64.4. The number of aliphatic hydroxyl groups excluding tert-OH is 6. The zero-order valence-electron chi connectivity index (χ0n) is 23.7. The van der Waals surface area contributed by atoms with Crippen molar-refractivity contribution in [2.45, 2.75) is 61.4 Å². The number of ether oxygens (including phenoxy) is 4. The summed E-state index contributed by atoms with van der Waals surface area (Å²) in [4.78, 5) is 36.7. The number of carboxylic acids is 2. The molecule has 0 amide bonds. The lowest BCUT2D eigenvalue weighted by Gasteiger charge is -2.38. The first kappa shape index (κ1) is 34.9. The van der Waals surface area contributed by atoms with Crippen molar-refractivity contribution in [2.24, 2.45) is 0 Å². The SMILES string of the molecule is O=C(O)[C@@H]1O[C@H](Oc2ccc(-c3oc4ccccc4c(=O)c3O[C@H]3O[C@@H](C(=O)O)[C@H](O)[C@@H](O)[C@@H]3O)cc2OS(=O)(=O)O)[C@@H](O)[C@H](O)[C@H]1O. The Balaban J connectivity index is 1.60. The van der Waals surface area contributed by atoms with Gasteiger partial charge >= 0.3 is 22.3 Å². The highest BCUT2D eigenvalue weighted by Gasteiger charge is 2.50. The molecule has 2 aliphatic heterocycles.